The number of benzene rings is 1. The van der Waals surface area contributed by atoms with Gasteiger partial charge in [-0.05, 0) is 23.1 Å². The number of hydrogen-bond acceptors (Lipinski definition) is 4. The van der Waals surface area contributed by atoms with Crippen LogP contribution in [0.3, 0.4) is 0 Å². The molecule has 3 N–H and O–H groups in total. The third-order valence-electron chi connectivity index (χ3n) is 3.19. The van der Waals surface area contributed by atoms with Gasteiger partial charge < -0.3 is 0 Å². The van der Waals surface area contributed by atoms with Crippen molar-refractivity contribution in [2.45, 2.75) is 6.04 Å². The Morgan fingerprint density at radius 1 is 1.20 bits per heavy atom. The average Bonchev–Trinajstić information content (AvgIpc) is 2.79. The number of nitrogens with zero attached hydrogens (tertiary/aromatic N) is 1. The van der Waals surface area contributed by atoms with Crippen molar-refractivity contribution in [1.29, 1.82) is 0 Å². The molecule has 0 fully saturated rings. The lowest BCUT2D eigenvalue weighted by Crippen LogP contribution is -2.28. The lowest BCUT2D eigenvalue weighted by atomic mass is 9.97. The number of pyridine rings is 1. The lowest BCUT2D eigenvalue weighted by Gasteiger charge is -2.18. The predicted octanol–water partition coefficient (Wildman–Crippen LogP) is 4.16. The second-order valence-corrected chi connectivity index (χ2v) is 6.61. The number of hydrogen-bond donors (Lipinski definition) is 2. The number of nitrogens with one attached hydrogen (secondary N) is 1. The Labute approximate surface area is 130 Å². The molecule has 0 aliphatic carbocycles. The van der Waals surface area contributed by atoms with Gasteiger partial charge in [0.15, 0.2) is 0 Å². The molecule has 2 aromatic heterocycles. The summed E-state index contributed by atoms with van der Waals surface area (Å²) in [5.74, 6) is 5.74. The van der Waals surface area contributed by atoms with Gasteiger partial charge in [-0.25, -0.2) is 5.43 Å². The van der Waals surface area contributed by atoms with E-state index < -0.39 is 0 Å². The smallest absolute Gasteiger partial charge is 0.0995 e. The van der Waals surface area contributed by atoms with Crippen LogP contribution in [-0.2, 0) is 0 Å². The maximum atomic E-state index is 6.24. The molecule has 3 rings (SSSR count). The van der Waals surface area contributed by atoms with Gasteiger partial charge in [-0.3, -0.25) is 10.8 Å². The molecule has 0 aliphatic rings. The second kappa shape index (κ2) is 5.68. The van der Waals surface area contributed by atoms with E-state index in [0.29, 0.717) is 8.67 Å². The molecule has 0 bridgehead atoms. The van der Waals surface area contributed by atoms with Crippen molar-refractivity contribution in [2.24, 2.45) is 5.84 Å². The van der Waals surface area contributed by atoms with Crippen LogP contribution in [0.4, 0.5) is 0 Å². The maximum Gasteiger partial charge on any atom is 0.0995 e. The highest BCUT2D eigenvalue weighted by Crippen LogP contribution is 2.38. The van der Waals surface area contributed by atoms with Crippen LogP contribution >= 0.6 is 34.5 Å². The van der Waals surface area contributed by atoms with Crippen molar-refractivity contribution in [2.75, 3.05) is 0 Å². The number of halogens is 2. The summed E-state index contributed by atoms with van der Waals surface area (Å²) >= 11 is 13.6. The normalized spacial score (nSPS) is 12.8. The van der Waals surface area contributed by atoms with E-state index in [2.05, 4.69) is 10.4 Å². The van der Waals surface area contributed by atoms with Gasteiger partial charge in [0.2, 0.25) is 0 Å². The molecule has 0 radical (unpaired) electrons. The number of fused-ring (bicyclic) bond motifs is 1. The van der Waals surface area contributed by atoms with Crippen molar-refractivity contribution in [3.8, 4) is 0 Å². The molecule has 102 valence electrons. The molecule has 1 aromatic carbocycles. The van der Waals surface area contributed by atoms with Gasteiger partial charge in [-0.15, -0.1) is 11.3 Å². The first-order valence-corrected chi connectivity index (χ1v) is 7.51. The molecule has 2 heterocycles. The van der Waals surface area contributed by atoms with E-state index in [-0.39, 0.29) is 6.04 Å². The summed E-state index contributed by atoms with van der Waals surface area (Å²) in [5, 5.41) is 2.14. The zero-order chi connectivity index (χ0) is 14.1. The summed E-state index contributed by atoms with van der Waals surface area (Å²) in [6.07, 6.45) is 3.60. The maximum absolute atomic E-state index is 6.24. The molecular weight excluding hydrogens is 313 g/mol. The van der Waals surface area contributed by atoms with Crippen LogP contribution in [0.1, 0.15) is 17.2 Å². The molecule has 0 aliphatic heterocycles. The third-order valence-corrected chi connectivity index (χ3v) is 4.71. The number of thiophene rings is 1. The van der Waals surface area contributed by atoms with Gasteiger partial charge >= 0.3 is 0 Å². The predicted molar refractivity (Wildman–Crippen MR) is 85.2 cm³/mol. The van der Waals surface area contributed by atoms with Crippen molar-refractivity contribution < 1.29 is 0 Å². The van der Waals surface area contributed by atoms with Gasteiger partial charge in [0.25, 0.3) is 0 Å². The summed E-state index contributed by atoms with van der Waals surface area (Å²) in [5.41, 5.74) is 4.71. The molecule has 6 heteroatoms. The average molecular weight is 324 g/mol. The number of hydrazine groups is 1. The molecule has 3 nitrogen and oxygen atoms in total. The molecule has 0 saturated heterocycles. The van der Waals surface area contributed by atoms with Crippen LogP contribution in [0.15, 0.2) is 42.7 Å². The summed E-state index contributed by atoms with van der Waals surface area (Å²) in [6.45, 7) is 0. The van der Waals surface area contributed by atoms with E-state index >= 15 is 0 Å². The quantitative estimate of drug-likeness (QED) is 0.562. The van der Waals surface area contributed by atoms with Crippen molar-refractivity contribution in [1.82, 2.24) is 10.4 Å². The SMILES string of the molecule is NNC(c1cc(Cl)sc1Cl)c1cccc2ccncc12. The minimum absolute atomic E-state index is 0.223. The summed E-state index contributed by atoms with van der Waals surface area (Å²) in [6, 6.07) is 9.62. The summed E-state index contributed by atoms with van der Waals surface area (Å²) < 4.78 is 1.28. The monoisotopic (exact) mass is 323 g/mol. The number of aromatic nitrogens is 1. The molecular formula is C14H11Cl2N3S. The van der Waals surface area contributed by atoms with Gasteiger partial charge in [0, 0.05) is 23.3 Å². The van der Waals surface area contributed by atoms with Gasteiger partial charge in [-0.2, -0.15) is 0 Å². The third kappa shape index (κ3) is 2.41. The Bertz CT molecular complexity index is 752. The van der Waals surface area contributed by atoms with Crippen LogP contribution in [0.25, 0.3) is 10.8 Å². The number of rotatable bonds is 3. The highest BCUT2D eigenvalue weighted by atomic mass is 35.5. The Morgan fingerprint density at radius 3 is 2.75 bits per heavy atom. The van der Waals surface area contributed by atoms with Crippen LogP contribution in [0.2, 0.25) is 8.67 Å². The van der Waals surface area contributed by atoms with E-state index in [0.717, 1.165) is 21.9 Å². The number of nitrogens with two attached hydrogens (primary N) is 1. The van der Waals surface area contributed by atoms with E-state index in [9.17, 15) is 0 Å². The molecule has 0 saturated carbocycles. The Kier molecular flexibility index (Phi) is 3.92. The molecule has 0 amide bonds. The molecule has 20 heavy (non-hydrogen) atoms. The van der Waals surface area contributed by atoms with E-state index in [1.54, 1.807) is 6.20 Å². The fourth-order valence-corrected chi connectivity index (χ4v) is 3.82. The van der Waals surface area contributed by atoms with Gasteiger partial charge in [0.1, 0.15) is 0 Å². The minimum Gasteiger partial charge on any atom is -0.271 e. The van der Waals surface area contributed by atoms with Gasteiger partial charge in [0.05, 0.1) is 14.7 Å². The first-order chi connectivity index (χ1) is 9.70. The fraction of sp³-hybridized carbons (Fsp3) is 0.0714. The van der Waals surface area contributed by atoms with Crippen LogP contribution in [0, 0.1) is 0 Å². The van der Waals surface area contributed by atoms with Crippen molar-refractivity contribution in [3.05, 3.63) is 62.5 Å². The largest absolute Gasteiger partial charge is 0.271 e. The van der Waals surface area contributed by atoms with E-state index in [1.807, 2.05) is 36.5 Å². The Morgan fingerprint density at radius 2 is 2.05 bits per heavy atom. The molecule has 1 unspecified atom stereocenters. The van der Waals surface area contributed by atoms with Crippen molar-refractivity contribution in [3.63, 3.8) is 0 Å². The second-order valence-electron chi connectivity index (χ2n) is 4.32. The van der Waals surface area contributed by atoms with Crippen LogP contribution in [0.5, 0.6) is 0 Å². The summed E-state index contributed by atoms with van der Waals surface area (Å²) in [7, 11) is 0. The zero-order valence-electron chi connectivity index (χ0n) is 10.3. The summed E-state index contributed by atoms with van der Waals surface area (Å²) in [4.78, 5) is 4.19. The fourth-order valence-electron chi connectivity index (χ4n) is 2.29. The standard InChI is InChI=1S/C14H11Cl2N3S/c15-12-6-10(14(16)20-12)13(19-17)9-3-1-2-8-4-5-18-7-11(8)9/h1-7,13,19H,17H2. The molecule has 1 atom stereocenters. The lowest BCUT2D eigenvalue weighted by molar-refractivity contribution is 0.643. The van der Waals surface area contributed by atoms with Gasteiger partial charge in [-0.1, -0.05) is 41.4 Å². The highest BCUT2D eigenvalue weighted by molar-refractivity contribution is 7.20. The minimum atomic E-state index is -0.223. The highest BCUT2D eigenvalue weighted by Gasteiger charge is 2.20. The zero-order valence-corrected chi connectivity index (χ0v) is 12.6. The van der Waals surface area contributed by atoms with Crippen molar-refractivity contribution >= 4 is 45.3 Å². The first kappa shape index (κ1) is 13.8. The molecule has 3 aromatic rings. The Balaban J connectivity index is 2.19. The Hall–Kier alpha value is -1.17. The first-order valence-electron chi connectivity index (χ1n) is 5.94. The molecule has 0 spiro atoms. The van der Waals surface area contributed by atoms with Crippen LogP contribution in [-0.4, -0.2) is 4.98 Å². The van der Waals surface area contributed by atoms with E-state index in [1.165, 1.54) is 11.3 Å². The van der Waals surface area contributed by atoms with Crippen LogP contribution < -0.4 is 11.3 Å². The van der Waals surface area contributed by atoms with E-state index in [4.69, 9.17) is 29.0 Å². The topological polar surface area (TPSA) is 50.9 Å².